The van der Waals surface area contributed by atoms with Gasteiger partial charge in [0.25, 0.3) is 0 Å². The molecule has 1 fully saturated rings. The molecule has 1 amide bonds. The molecule has 0 saturated heterocycles. The molecular weight excluding hydrogens is 317 g/mol. The number of benzene rings is 1. The average molecular weight is 337 g/mol. The van der Waals surface area contributed by atoms with Crippen molar-refractivity contribution in [3.05, 3.63) is 35.4 Å². The van der Waals surface area contributed by atoms with Gasteiger partial charge in [0.1, 0.15) is 0 Å². The third-order valence-electron chi connectivity index (χ3n) is 3.97. The highest BCUT2D eigenvalue weighted by atomic mass is 35.5. The highest BCUT2D eigenvalue weighted by Gasteiger charge is 2.41. The summed E-state index contributed by atoms with van der Waals surface area (Å²) in [5.74, 6) is 0.189. The first-order valence-corrected chi connectivity index (χ1v) is 6.92. The first kappa shape index (κ1) is 18.8. The van der Waals surface area contributed by atoms with Crippen LogP contribution >= 0.6 is 12.4 Å². The van der Waals surface area contributed by atoms with Crippen molar-refractivity contribution in [1.29, 1.82) is 0 Å². The summed E-state index contributed by atoms with van der Waals surface area (Å²) in [7, 11) is 0. The SMILES string of the molecule is CC(CN)(NC(=O)Cc1ccc(C(F)(F)F)cc1)C1CC1.Cl. The van der Waals surface area contributed by atoms with Gasteiger partial charge >= 0.3 is 6.18 Å². The first-order chi connectivity index (χ1) is 9.74. The Morgan fingerprint density at radius 1 is 1.27 bits per heavy atom. The molecule has 1 aliphatic rings. The van der Waals surface area contributed by atoms with Gasteiger partial charge in [0.05, 0.1) is 17.5 Å². The number of rotatable bonds is 5. The molecule has 0 radical (unpaired) electrons. The second kappa shape index (κ2) is 6.87. The maximum absolute atomic E-state index is 12.5. The van der Waals surface area contributed by atoms with Gasteiger partial charge in [0, 0.05) is 6.54 Å². The Kier molecular flexibility index (Phi) is 5.87. The van der Waals surface area contributed by atoms with E-state index < -0.39 is 17.3 Å². The molecule has 0 bridgehead atoms. The summed E-state index contributed by atoms with van der Waals surface area (Å²) in [6.07, 6.45) is -2.20. The molecule has 0 aromatic heterocycles. The smallest absolute Gasteiger partial charge is 0.349 e. The van der Waals surface area contributed by atoms with Gasteiger partial charge in [0.15, 0.2) is 0 Å². The van der Waals surface area contributed by atoms with Crippen molar-refractivity contribution in [3.8, 4) is 0 Å². The Bertz CT molecular complexity index is 515. The Morgan fingerprint density at radius 2 is 1.82 bits per heavy atom. The molecule has 1 aromatic rings. The molecule has 3 nitrogen and oxygen atoms in total. The van der Waals surface area contributed by atoms with Crippen LogP contribution in [0.1, 0.15) is 30.9 Å². The van der Waals surface area contributed by atoms with E-state index in [1.54, 1.807) is 0 Å². The van der Waals surface area contributed by atoms with Crippen LogP contribution in [0.3, 0.4) is 0 Å². The topological polar surface area (TPSA) is 55.1 Å². The van der Waals surface area contributed by atoms with Gasteiger partial charge in [0.2, 0.25) is 5.91 Å². The summed E-state index contributed by atoms with van der Waals surface area (Å²) < 4.78 is 37.4. The second-order valence-electron chi connectivity index (χ2n) is 5.82. The quantitative estimate of drug-likeness (QED) is 0.868. The van der Waals surface area contributed by atoms with Crippen LogP contribution in [0.2, 0.25) is 0 Å². The van der Waals surface area contributed by atoms with E-state index in [-0.39, 0.29) is 24.7 Å². The molecule has 1 aromatic carbocycles. The summed E-state index contributed by atoms with van der Waals surface area (Å²) in [6, 6.07) is 4.65. The van der Waals surface area contributed by atoms with E-state index in [2.05, 4.69) is 5.32 Å². The fraction of sp³-hybridized carbons (Fsp3) is 0.533. The fourth-order valence-corrected chi connectivity index (χ4v) is 2.40. The number of alkyl halides is 3. The average Bonchev–Trinajstić information content (AvgIpc) is 3.22. The Hall–Kier alpha value is -1.27. The van der Waals surface area contributed by atoms with Crippen LogP contribution in [0, 0.1) is 5.92 Å². The molecule has 1 unspecified atom stereocenters. The van der Waals surface area contributed by atoms with Gasteiger partial charge in [-0.05, 0) is 43.4 Å². The molecule has 124 valence electrons. The molecule has 1 saturated carbocycles. The predicted molar refractivity (Wildman–Crippen MR) is 80.7 cm³/mol. The van der Waals surface area contributed by atoms with E-state index in [4.69, 9.17) is 5.73 Å². The van der Waals surface area contributed by atoms with Gasteiger partial charge in [-0.2, -0.15) is 13.2 Å². The predicted octanol–water partition coefficient (Wildman–Crippen LogP) is 2.91. The Labute approximate surface area is 133 Å². The van der Waals surface area contributed by atoms with Crippen LogP contribution < -0.4 is 11.1 Å². The van der Waals surface area contributed by atoms with Gasteiger partial charge in [-0.15, -0.1) is 12.4 Å². The summed E-state index contributed by atoms with van der Waals surface area (Å²) in [5.41, 5.74) is 5.14. The van der Waals surface area contributed by atoms with Crippen molar-refractivity contribution in [1.82, 2.24) is 5.32 Å². The highest BCUT2D eigenvalue weighted by Crippen LogP contribution is 2.39. The number of amides is 1. The van der Waals surface area contributed by atoms with Crippen molar-refractivity contribution in [2.24, 2.45) is 11.7 Å². The molecule has 3 N–H and O–H groups in total. The van der Waals surface area contributed by atoms with Crippen molar-refractivity contribution >= 4 is 18.3 Å². The Morgan fingerprint density at radius 3 is 2.23 bits per heavy atom. The van der Waals surface area contributed by atoms with E-state index in [1.165, 1.54) is 12.1 Å². The van der Waals surface area contributed by atoms with E-state index >= 15 is 0 Å². The standard InChI is InChI=1S/C15H19F3N2O.ClH/c1-14(9-19,11-6-7-11)20-13(21)8-10-2-4-12(5-3-10)15(16,17)18;/h2-5,11H,6-9,19H2,1H3,(H,20,21);1H. The van der Waals surface area contributed by atoms with Crippen molar-refractivity contribution in [3.63, 3.8) is 0 Å². The summed E-state index contributed by atoms with van der Waals surface area (Å²) in [5, 5.41) is 2.91. The third kappa shape index (κ3) is 4.61. The number of carbonyl (C=O) groups excluding carboxylic acids is 1. The summed E-state index contributed by atoms with van der Waals surface area (Å²) in [6.45, 7) is 2.27. The van der Waals surface area contributed by atoms with Gasteiger partial charge in [-0.1, -0.05) is 12.1 Å². The number of carbonyl (C=O) groups is 1. The lowest BCUT2D eigenvalue weighted by molar-refractivity contribution is -0.137. The summed E-state index contributed by atoms with van der Waals surface area (Å²) in [4.78, 5) is 12.0. The fourth-order valence-electron chi connectivity index (χ4n) is 2.40. The second-order valence-corrected chi connectivity index (χ2v) is 5.82. The first-order valence-electron chi connectivity index (χ1n) is 6.92. The van der Waals surface area contributed by atoms with Crippen LogP contribution in [-0.4, -0.2) is 18.0 Å². The highest BCUT2D eigenvalue weighted by molar-refractivity contribution is 5.85. The van der Waals surface area contributed by atoms with Gasteiger partial charge < -0.3 is 11.1 Å². The minimum atomic E-state index is -4.36. The Balaban J connectivity index is 0.00000242. The van der Waals surface area contributed by atoms with E-state index in [9.17, 15) is 18.0 Å². The lowest BCUT2D eigenvalue weighted by Gasteiger charge is -2.29. The number of hydrogen-bond acceptors (Lipinski definition) is 2. The van der Waals surface area contributed by atoms with Crippen LogP contribution in [0.25, 0.3) is 0 Å². The maximum atomic E-state index is 12.5. The molecule has 0 spiro atoms. The number of halogens is 4. The monoisotopic (exact) mass is 336 g/mol. The van der Waals surface area contributed by atoms with Crippen molar-refractivity contribution < 1.29 is 18.0 Å². The lowest BCUT2D eigenvalue weighted by Crippen LogP contribution is -2.53. The van der Waals surface area contributed by atoms with Crippen LogP contribution in [0.4, 0.5) is 13.2 Å². The minimum absolute atomic E-state index is 0. The van der Waals surface area contributed by atoms with Crippen LogP contribution in [0.15, 0.2) is 24.3 Å². The van der Waals surface area contributed by atoms with Crippen molar-refractivity contribution in [2.75, 3.05) is 6.54 Å². The molecule has 2 rings (SSSR count). The number of hydrogen-bond donors (Lipinski definition) is 2. The molecular formula is C15H20ClF3N2O. The van der Waals surface area contributed by atoms with Crippen molar-refractivity contribution in [2.45, 2.75) is 37.9 Å². The molecule has 1 atom stereocenters. The normalized spacial score (nSPS) is 17.3. The number of nitrogens with one attached hydrogen (secondary N) is 1. The van der Waals surface area contributed by atoms with Gasteiger partial charge in [-0.25, -0.2) is 0 Å². The zero-order chi connectivity index (χ0) is 15.7. The minimum Gasteiger partial charge on any atom is -0.349 e. The van der Waals surface area contributed by atoms with Gasteiger partial charge in [-0.3, -0.25) is 4.79 Å². The maximum Gasteiger partial charge on any atom is 0.416 e. The van der Waals surface area contributed by atoms with E-state index in [0.717, 1.165) is 25.0 Å². The molecule has 7 heteroatoms. The zero-order valence-corrected chi connectivity index (χ0v) is 13.1. The molecule has 0 heterocycles. The van der Waals surface area contributed by atoms with Crippen LogP contribution in [0.5, 0.6) is 0 Å². The van der Waals surface area contributed by atoms with E-state index in [0.29, 0.717) is 18.0 Å². The zero-order valence-electron chi connectivity index (χ0n) is 12.2. The van der Waals surface area contributed by atoms with E-state index in [1.807, 2.05) is 6.92 Å². The lowest BCUT2D eigenvalue weighted by atomic mass is 9.95. The number of nitrogens with two attached hydrogens (primary N) is 1. The third-order valence-corrected chi connectivity index (χ3v) is 3.97. The molecule has 22 heavy (non-hydrogen) atoms. The summed E-state index contributed by atoms with van der Waals surface area (Å²) >= 11 is 0. The largest absolute Gasteiger partial charge is 0.416 e. The van der Waals surface area contributed by atoms with Crippen LogP contribution in [-0.2, 0) is 17.4 Å². The molecule has 1 aliphatic carbocycles. The molecule has 0 aliphatic heterocycles.